The Kier molecular flexibility index (Phi) is 6.89. The van der Waals surface area contributed by atoms with E-state index in [1.807, 2.05) is 18.2 Å². The lowest BCUT2D eigenvalue weighted by Crippen LogP contribution is -2.08. The molecule has 0 aliphatic carbocycles. The maximum Gasteiger partial charge on any atom is 0.330 e. The van der Waals surface area contributed by atoms with Crippen LogP contribution in [0.15, 0.2) is 30.3 Å². The van der Waals surface area contributed by atoms with E-state index < -0.39 is 10.3 Å². The van der Waals surface area contributed by atoms with Crippen LogP contribution in [0.25, 0.3) is 0 Å². The van der Waals surface area contributed by atoms with E-state index in [4.69, 9.17) is 18.1 Å². The topological polar surface area (TPSA) is 101 Å². The van der Waals surface area contributed by atoms with Crippen LogP contribution in [0.5, 0.6) is 0 Å². The Balaban J connectivity index is 0.000000336. The number of rotatable bonds is 3. The van der Waals surface area contributed by atoms with Crippen LogP contribution in [0.2, 0.25) is 0 Å². The molecule has 0 heterocycles. The summed E-state index contributed by atoms with van der Waals surface area (Å²) in [5, 5.41) is 12.4. The number of aryl methyl sites for hydroxylation is 1. The van der Waals surface area contributed by atoms with E-state index in [0.717, 1.165) is 12.8 Å². The molecule has 6 heteroatoms. The van der Waals surface area contributed by atoms with Crippen LogP contribution in [0, 0.1) is 0 Å². The molecule has 5 nitrogen and oxygen atoms in total. The van der Waals surface area contributed by atoms with Crippen molar-refractivity contribution in [3.8, 4) is 0 Å². The molecule has 0 aliphatic heterocycles. The number of benzene rings is 1. The smallest absolute Gasteiger partial charge is 0.330 e. The molecule has 1 rings (SSSR count). The second kappa shape index (κ2) is 7.36. The highest BCUT2D eigenvalue weighted by atomic mass is 32.2. The number of hydrogen-bond acceptors (Lipinski definition) is 3. The lowest BCUT2D eigenvalue weighted by Gasteiger charge is -1.96. The molecule has 0 atom stereocenters. The SMILES string of the molecule is NS(=O)(=O)O.OCCCc1ccccc1. The van der Waals surface area contributed by atoms with Gasteiger partial charge in [-0.1, -0.05) is 30.3 Å². The van der Waals surface area contributed by atoms with E-state index in [1.165, 1.54) is 5.56 Å². The molecule has 0 bridgehead atoms. The molecule has 0 fully saturated rings. The monoisotopic (exact) mass is 233 g/mol. The molecule has 86 valence electrons. The minimum absolute atomic E-state index is 0.287. The molecule has 0 saturated carbocycles. The quantitative estimate of drug-likeness (QED) is 0.656. The van der Waals surface area contributed by atoms with Gasteiger partial charge in [0.15, 0.2) is 0 Å². The van der Waals surface area contributed by atoms with Gasteiger partial charge in [0, 0.05) is 6.61 Å². The first-order valence-corrected chi connectivity index (χ1v) is 5.84. The summed E-state index contributed by atoms with van der Waals surface area (Å²) in [7, 11) is -4.17. The zero-order chi connectivity index (χ0) is 11.7. The van der Waals surface area contributed by atoms with Crippen molar-refractivity contribution in [3.63, 3.8) is 0 Å². The van der Waals surface area contributed by atoms with Gasteiger partial charge < -0.3 is 5.11 Å². The second-order valence-electron chi connectivity index (χ2n) is 2.83. The van der Waals surface area contributed by atoms with Crippen molar-refractivity contribution in [3.05, 3.63) is 35.9 Å². The van der Waals surface area contributed by atoms with Gasteiger partial charge in [0.2, 0.25) is 0 Å². The Morgan fingerprint density at radius 2 is 1.67 bits per heavy atom. The van der Waals surface area contributed by atoms with Gasteiger partial charge in [0.25, 0.3) is 0 Å². The minimum atomic E-state index is -4.17. The van der Waals surface area contributed by atoms with Crippen LogP contribution in [-0.2, 0) is 16.7 Å². The summed E-state index contributed by atoms with van der Waals surface area (Å²) in [6, 6.07) is 10.2. The van der Waals surface area contributed by atoms with Gasteiger partial charge in [-0.15, -0.1) is 0 Å². The fraction of sp³-hybridized carbons (Fsp3) is 0.333. The maximum atomic E-state index is 8.97. The molecule has 0 saturated heterocycles. The summed E-state index contributed by atoms with van der Waals surface area (Å²) in [5.41, 5.74) is 1.30. The summed E-state index contributed by atoms with van der Waals surface area (Å²) >= 11 is 0. The second-order valence-corrected chi connectivity index (χ2v) is 3.86. The van der Waals surface area contributed by atoms with Crippen molar-refractivity contribution in [1.29, 1.82) is 0 Å². The fourth-order valence-corrected chi connectivity index (χ4v) is 0.928. The van der Waals surface area contributed by atoms with Crippen molar-refractivity contribution in [2.45, 2.75) is 12.8 Å². The molecule has 0 amide bonds. The fourth-order valence-electron chi connectivity index (χ4n) is 0.928. The average molecular weight is 233 g/mol. The van der Waals surface area contributed by atoms with Crippen LogP contribution < -0.4 is 5.14 Å². The molecule has 0 radical (unpaired) electrons. The molecule has 1 aromatic carbocycles. The van der Waals surface area contributed by atoms with Gasteiger partial charge in [-0.05, 0) is 18.4 Å². The van der Waals surface area contributed by atoms with Gasteiger partial charge in [0.1, 0.15) is 0 Å². The largest absolute Gasteiger partial charge is 0.396 e. The van der Waals surface area contributed by atoms with Crippen LogP contribution >= 0.6 is 0 Å². The van der Waals surface area contributed by atoms with E-state index in [9.17, 15) is 0 Å². The van der Waals surface area contributed by atoms with Crippen molar-refractivity contribution >= 4 is 10.3 Å². The van der Waals surface area contributed by atoms with Crippen molar-refractivity contribution in [1.82, 2.24) is 0 Å². The normalized spacial score (nSPS) is 10.3. The van der Waals surface area contributed by atoms with E-state index in [0.29, 0.717) is 0 Å². The van der Waals surface area contributed by atoms with Crippen molar-refractivity contribution in [2.24, 2.45) is 5.14 Å². The Morgan fingerprint density at radius 3 is 2.07 bits per heavy atom. The predicted molar refractivity (Wildman–Crippen MR) is 57.6 cm³/mol. The summed E-state index contributed by atoms with van der Waals surface area (Å²) in [6.45, 7) is 0.287. The number of nitrogens with two attached hydrogens (primary N) is 1. The molecule has 15 heavy (non-hydrogen) atoms. The van der Waals surface area contributed by atoms with Crippen LogP contribution in [0.4, 0.5) is 0 Å². The van der Waals surface area contributed by atoms with Gasteiger partial charge >= 0.3 is 10.3 Å². The summed E-state index contributed by atoms with van der Waals surface area (Å²) in [6.07, 6.45) is 1.85. The van der Waals surface area contributed by atoms with E-state index in [2.05, 4.69) is 17.3 Å². The first kappa shape index (κ1) is 14.1. The highest BCUT2D eigenvalue weighted by Gasteiger charge is 1.88. The Morgan fingerprint density at radius 1 is 1.20 bits per heavy atom. The van der Waals surface area contributed by atoms with E-state index in [1.54, 1.807) is 0 Å². The van der Waals surface area contributed by atoms with Gasteiger partial charge in [-0.2, -0.15) is 8.42 Å². The highest BCUT2D eigenvalue weighted by Crippen LogP contribution is 2.00. The Labute approximate surface area is 89.4 Å². The number of aliphatic hydroxyl groups excluding tert-OH is 1. The maximum absolute atomic E-state index is 8.97. The van der Waals surface area contributed by atoms with Gasteiger partial charge in [-0.25, -0.2) is 5.14 Å². The number of hydrogen-bond donors (Lipinski definition) is 3. The lowest BCUT2D eigenvalue weighted by molar-refractivity contribution is 0.288. The summed E-state index contributed by atoms with van der Waals surface area (Å²) in [4.78, 5) is 0. The predicted octanol–water partition coefficient (Wildman–Crippen LogP) is 0.359. The van der Waals surface area contributed by atoms with Gasteiger partial charge in [0.05, 0.1) is 0 Å². The molecular weight excluding hydrogens is 218 g/mol. The molecule has 0 unspecified atom stereocenters. The molecule has 1 aromatic rings. The minimum Gasteiger partial charge on any atom is -0.396 e. The number of aliphatic hydroxyl groups is 1. The van der Waals surface area contributed by atoms with Crippen molar-refractivity contribution < 1.29 is 18.1 Å². The molecular formula is C9H15NO4S. The van der Waals surface area contributed by atoms with E-state index >= 15 is 0 Å². The summed E-state index contributed by atoms with van der Waals surface area (Å²) < 4.78 is 25.2. The highest BCUT2D eigenvalue weighted by molar-refractivity contribution is 7.83. The van der Waals surface area contributed by atoms with Crippen LogP contribution in [0.3, 0.4) is 0 Å². The Hall–Kier alpha value is -0.950. The third-order valence-electron chi connectivity index (χ3n) is 1.47. The molecule has 0 aliphatic rings. The van der Waals surface area contributed by atoms with Crippen molar-refractivity contribution in [2.75, 3.05) is 6.61 Å². The Bertz CT molecular complexity index is 342. The third-order valence-corrected chi connectivity index (χ3v) is 1.47. The zero-order valence-electron chi connectivity index (χ0n) is 8.20. The van der Waals surface area contributed by atoms with E-state index in [-0.39, 0.29) is 6.61 Å². The van der Waals surface area contributed by atoms with Gasteiger partial charge in [-0.3, -0.25) is 4.55 Å². The molecule has 0 aromatic heterocycles. The molecule has 4 N–H and O–H groups in total. The average Bonchev–Trinajstić information content (AvgIpc) is 2.14. The standard InChI is InChI=1S/C9H12O.H3NO3S/c10-8-4-7-9-5-2-1-3-6-9;1-5(2,3)4/h1-3,5-6,10H,4,7-8H2;(H3,1,2,3,4). The third kappa shape index (κ3) is 13.1. The first-order chi connectivity index (χ1) is 6.93. The lowest BCUT2D eigenvalue weighted by atomic mass is 10.1. The zero-order valence-corrected chi connectivity index (χ0v) is 9.02. The molecule has 0 spiro atoms. The first-order valence-electron chi connectivity index (χ1n) is 4.33. The van der Waals surface area contributed by atoms with Crippen LogP contribution in [-0.4, -0.2) is 24.7 Å². The summed E-state index contributed by atoms with van der Waals surface area (Å²) in [5.74, 6) is 0. The van der Waals surface area contributed by atoms with Crippen LogP contribution in [0.1, 0.15) is 12.0 Å².